The standard InChI is InChI=1S/C21H22F2N8O/c22-20(23)32-16-5-1-4-15-17(16)26-21(24)31-19(15)27-18(28-31)12-3-2-8-29(10-12)14-9-25-30(11-14)13-6-7-13/h1,4-5,9,11-13,20H,2-3,6-8,10H2,(H2,24,26)/t12-/m1/s1. The Morgan fingerprint density at radius 3 is 2.84 bits per heavy atom. The van der Waals surface area contributed by atoms with E-state index in [1.807, 2.05) is 6.20 Å². The molecule has 4 heterocycles. The van der Waals surface area contributed by atoms with Crippen LogP contribution in [0.3, 0.4) is 0 Å². The summed E-state index contributed by atoms with van der Waals surface area (Å²) in [6.07, 6.45) is 8.41. The highest BCUT2D eigenvalue weighted by Gasteiger charge is 2.29. The van der Waals surface area contributed by atoms with E-state index in [4.69, 9.17) is 10.7 Å². The number of para-hydroxylation sites is 1. The van der Waals surface area contributed by atoms with E-state index < -0.39 is 6.61 Å². The minimum atomic E-state index is -2.95. The molecule has 1 aromatic carbocycles. The molecule has 1 atom stereocenters. The number of rotatable bonds is 5. The summed E-state index contributed by atoms with van der Waals surface area (Å²) >= 11 is 0. The number of halogens is 2. The van der Waals surface area contributed by atoms with Gasteiger partial charge in [0.25, 0.3) is 0 Å². The smallest absolute Gasteiger partial charge is 0.387 e. The molecule has 0 amide bonds. The molecule has 32 heavy (non-hydrogen) atoms. The summed E-state index contributed by atoms with van der Waals surface area (Å²) in [5.74, 6) is 0.830. The van der Waals surface area contributed by atoms with Crippen molar-refractivity contribution < 1.29 is 13.5 Å². The number of hydrogen-bond acceptors (Lipinski definition) is 7. The normalized spacial score (nSPS) is 19.3. The van der Waals surface area contributed by atoms with Gasteiger partial charge in [0.05, 0.1) is 17.9 Å². The summed E-state index contributed by atoms with van der Waals surface area (Å²) in [6, 6.07) is 5.38. The van der Waals surface area contributed by atoms with Gasteiger partial charge in [0, 0.05) is 30.6 Å². The molecular weight excluding hydrogens is 418 g/mol. The molecule has 1 aliphatic heterocycles. The van der Waals surface area contributed by atoms with Crippen molar-refractivity contribution in [1.82, 2.24) is 29.4 Å². The second kappa shape index (κ2) is 7.28. The summed E-state index contributed by atoms with van der Waals surface area (Å²) < 4.78 is 33.8. The molecule has 166 valence electrons. The lowest BCUT2D eigenvalue weighted by atomic mass is 9.97. The van der Waals surface area contributed by atoms with Gasteiger partial charge in [0.1, 0.15) is 5.52 Å². The highest BCUT2D eigenvalue weighted by Crippen LogP contribution is 2.36. The summed E-state index contributed by atoms with van der Waals surface area (Å²) in [7, 11) is 0. The van der Waals surface area contributed by atoms with E-state index in [1.54, 1.807) is 12.1 Å². The van der Waals surface area contributed by atoms with Crippen molar-refractivity contribution in [2.24, 2.45) is 0 Å². The van der Waals surface area contributed by atoms with Gasteiger partial charge in [-0.1, -0.05) is 6.07 Å². The Morgan fingerprint density at radius 2 is 2.03 bits per heavy atom. The van der Waals surface area contributed by atoms with Crippen LogP contribution in [-0.2, 0) is 0 Å². The van der Waals surface area contributed by atoms with Crippen LogP contribution in [0.2, 0.25) is 0 Å². The van der Waals surface area contributed by atoms with Gasteiger partial charge >= 0.3 is 6.61 Å². The maximum absolute atomic E-state index is 12.8. The molecule has 3 aromatic heterocycles. The topological polar surface area (TPSA) is 99.4 Å². The number of fused-ring (bicyclic) bond motifs is 3. The summed E-state index contributed by atoms with van der Waals surface area (Å²) in [6.45, 7) is -1.22. The van der Waals surface area contributed by atoms with Crippen molar-refractivity contribution in [3.8, 4) is 5.75 Å². The molecule has 0 spiro atoms. The Kier molecular flexibility index (Phi) is 4.37. The van der Waals surface area contributed by atoms with E-state index in [-0.39, 0.29) is 23.1 Å². The Morgan fingerprint density at radius 1 is 1.16 bits per heavy atom. The molecule has 0 bridgehead atoms. The predicted molar refractivity (Wildman–Crippen MR) is 114 cm³/mol. The first-order chi connectivity index (χ1) is 15.6. The van der Waals surface area contributed by atoms with Crippen LogP contribution in [0.1, 0.15) is 43.5 Å². The fraction of sp³-hybridized carbons (Fsp3) is 0.429. The van der Waals surface area contributed by atoms with E-state index in [1.165, 1.54) is 23.4 Å². The molecule has 2 N–H and O–H groups in total. The fourth-order valence-corrected chi connectivity index (χ4v) is 4.46. The Labute approximate surface area is 181 Å². The monoisotopic (exact) mass is 440 g/mol. The molecule has 9 nitrogen and oxygen atoms in total. The van der Waals surface area contributed by atoms with Crippen LogP contribution in [0.4, 0.5) is 20.4 Å². The Hall–Kier alpha value is -3.50. The number of nitrogens with zero attached hydrogens (tertiary/aromatic N) is 7. The predicted octanol–water partition coefficient (Wildman–Crippen LogP) is 3.38. The van der Waals surface area contributed by atoms with Gasteiger partial charge in [-0.2, -0.15) is 18.4 Å². The third-order valence-corrected chi connectivity index (χ3v) is 6.18. The van der Waals surface area contributed by atoms with Crippen LogP contribution in [0.5, 0.6) is 5.75 Å². The molecule has 0 radical (unpaired) electrons. The number of nitrogen functional groups attached to an aromatic ring is 1. The molecule has 1 saturated carbocycles. The number of piperidine rings is 1. The molecule has 1 saturated heterocycles. The quantitative estimate of drug-likeness (QED) is 0.508. The van der Waals surface area contributed by atoms with E-state index in [9.17, 15) is 8.78 Å². The first-order valence-corrected chi connectivity index (χ1v) is 10.8. The van der Waals surface area contributed by atoms with Crippen molar-refractivity contribution in [2.45, 2.75) is 44.3 Å². The van der Waals surface area contributed by atoms with E-state index in [0.29, 0.717) is 22.9 Å². The number of benzene rings is 1. The Balaban J connectivity index is 1.34. The van der Waals surface area contributed by atoms with Crippen molar-refractivity contribution in [3.63, 3.8) is 0 Å². The SMILES string of the molecule is Nc1nc2c(OC(F)F)cccc2c2nc([C@@H]3CCCN(c4cnn(C5CC5)c4)C3)nn12. The summed E-state index contributed by atoms with van der Waals surface area (Å²) in [4.78, 5) is 11.3. The van der Waals surface area contributed by atoms with Gasteiger partial charge in [0.15, 0.2) is 17.2 Å². The van der Waals surface area contributed by atoms with E-state index in [0.717, 1.165) is 31.6 Å². The van der Waals surface area contributed by atoms with Gasteiger partial charge in [-0.15, -0.1) is 5.10 Å². The first kappa shape index (κ1) is 19.2. The molecular formula is C21H22F2N8O. The van der Waals surface area contributed by atoms with Crippen molar-refractivity contribution >= 4 is 28.2 Å². The maximum Gasteiger partial charge on any atom is 0.387 e. The van der Waals surface area contributed by atoms with E-state index in [2.05, 4.69) is 35.7 Å². The van der Waals surface area contributed by atoms with Gasteiger partial charge in [-0.3, -0.25) is 4.68 Å². The maximum atomic E-state index is 12.8. The lowest BCUT2D eigenvalue weighted by molar-refractivity contribution is -0.0489. The zero-order valence-corrected chi connectivity index (χ0v) is 17.2. The minimum Gasteiger partial charge on any atom is -0.432 e. The molecule has 2 aliphatic rings. The molecule has 4 aromatic rings. The molecule has 6 rings (SSSR count). The highest BCUT2D eigenvalue weighted by atomic mass is 19.3. The number of ether oxygens (including phenoxy) is 1. The summed E-state index contributed by atoms with van der Waals surface area (Å²) in [5.41, 5.74) is 7.95. The first-order valence-electron chi connectivity index (χ1n) is 10.8. The summed E-state index contributed by atoms with van der Waals surface area (Å²) in [5, 5.41) is 9.70. The third kappa shape index (κ3) is 3.28. The zero-order valence-electron chi connectivity index (χ0n) is 17.2. The van der Waals surface area contributed by atoms with Gasteiger partial charge in [0.2, 0.25) is 5.95 Å². The average Bonchev–Trinajstić information content (AvgIpc) is 3.33. The molecule has 1 aliphatic carbocycles. The second-order valence-corrected chi connectivity index (χ2v) is 8.40. The van der Waals surface area contributed by atoms with Crippen molar-refractivity contribution in [3.05, 3.63) is 36.4 Å². The number of anilines is 2. The highest BCUT2D eigenvalue weighted by molar-refractivity contribution is 5.95. The number of nitrogens with two attached hydrogens (primary N) is 1. The van der Waals surface area contributed by atoms with Crippen LogP contribution in [0.25, 0.3) is 16.6 Å². The third-order valence-electron chi connectivity index (χ3n) is 6.18. The Bertz CT molecular complexity index is 1300. The van der Waals surface area contributed by atoms with Crippen molar-refractivity contribution in [2.75, 3.05) is 23.7 Å². The van der Waals surface area contributed by atoms with Gasteiger partial charge in [-0.25, -0.2) is 9.97 Å². The molecule has 11 heteroatoms. The molecule has 0 unspecified atom stereocenters. The minimum absolute atomic E-state index is 0.0345. The second-order valence-electron chi connectivity index (χ2n) is 8.40. The average molecular weight is 440 g/mol. The zero-order chi connectivity index (χ0) is 21.8. The van der Waals surface area contributed by atoms with Crippen LogP contribution in [0, 0.1) is 0 Å². The number of hydrogen-bond donors (Lipinski definition) is 1. The number of alkyl halides is 2. The van der Waals surface area contributed by atoms with Crippen LogP contribution in [-0.4, -0.2) is 49.1 Å². The number of aromatic nitrogens is 6. The van der Waals surface area contributed by atoms with Crippen LogP contribution in [0.15, 0.2) is 30.6 Å². The van der Waals surface area contributed by atoms with Gasteiger partial charge in [-0.05, 0) is 37.8 Å². The van der Waals surface area contributed by atoms with Crippen LogP contribution < -0.4 is 15.4 Å². The van der Waals surface area contributed by atoms with Crippen LogP contribution >= 0.6 is 0 Å². The van der Waals surface area contributed by atoms with Crippen molar-refractivity contribution in [1.29, 1.82) is 0 Å². The largest absolute Gasteiger partial charge is 0.432 e. The lowest BCUT2D eigenvalue weighted by Crippen LogP contribution is -2.34. The van der Waals surface area contributed by atoms with Gasteiger partial charge < -0.3 is 15.4 Å². The lowest BCUT2D eigenvalue weighted by Gasteiger charge is -2.32. The fourth-order valence-electron chi connectivity index (χ4n) is 4.46. The molecule has 2 fully saturated rings. The van der Waals surface area contributed by atoms with E-state index >= 15 is 0 Å².